The van der Waals surface area contributed by atoms with E-state index in [0.29, 0.717) is 48.7 Å². The fourth-order valence-corrected chi connectivity index (χ4v) is 5.17. The second-order valence-corrected chi connectivity index (χ2v) is 9.72. The van der Waals surface area contributed by atoms with Crippen LogP contribution in [0.1, 0.15) is 11.4 Å². The number of hydrogen-bond donors (Lipinski definition) is 1. The number of aryl methyl sites for hydroxylation is 2. The number of benzene rings is 1. The van der Waals surface area contributed by atoms with Gasteiger partial charge in [0.25, 0.3) is 0 Å². The Morgan fingerprint density at radius 3 is 2.45 bits per heavy atom. The number of pyridine rings is 1. The van der Waals surface area contributed by atoms with Gasteiger partial charge in [0.1, 0.15) is 23.3 Å². The predicted octanol–water partition coefficient (Wildman–Crippen LogP) is 3.40. The molecule has 0 unspecified atom stereocenters. The van der Waals surface area contributed by atoms with Gasteiger partial charge in [-0.15, -0.1) is 0 Å². The average Bonchev–Trinajstić information content (AvgIpc) is 2.73. The second kappa shape index (κ2) is 8.78. The van der Waals surface area contributed by atoms with Gasteiger partial charge >= 0.3 is 0 Å². The van der Waals surface area contributed by atoms with Crippen molar-refractivity contribution in [3.63, 3.8) is 0 Å². The molecule has 0 atom stereocenters. The van der Waals surface area contributed by atoms with Crippen LogP contribution in [0.4, 0.5) is 17.5 Å². The third-order valence-electron chi connectivity index (χ3n) is 4.99. The van der Waals surface area contributed by atoms with Crippen molar-refractivity contribution in [2.75, 3.05) is 36.4 Å². The van der Waals surface area contributed by atoms with Gasteiger partial charge in [-0.3, -0.25) is 0 Å². The van der Waals surface area contributed by atoms with Gasteiger partial charge in [-0.05, 0) is 49.7 Å². The summed E-state index contributed by atoms with van der Waals surface area (Å²) in [5, 5.41) is 3.62. The summed E-state index contributed by atoms with van der Waals surface area (Å²) in [6.45, 7) is 5.61. The molecule has 3 heterocycles. The monoisotopic (exact) mass is 458 g/mol. The third kappa shape index (κ3) is 4.95. The van der Waals surface area contributed by atoms with Crippen LogP contribution in [0.15, 0.2) is 53.6 Å². The minimum Gasteiger partial charge on any atom is -0.354 e. The molecular weight excluding hydrogens is 436 g/mol. The number of nitrogens with one attached hydrogen (secondary N) is 1. The van der Waals surface area contributed by atoms with E-state index in [2.05, 4.69) is 25.2 Å². The standard InChI is InChI=1S/C21H23ClN6O2S/c1-15-6-7-23-19(12-15)26-20-14-21(25-16(2)24-20)27-8-10-28(11-9-27)31(29,30)18-5-3-4-17(22)13-18/h3-7,12-14H,8-11H2,1-2H3,(H,23,24,25,26). The predicted molar refractivity (Wildman–Crippen MR) is 121 cm³/mol. The topological polar surface area (TPSA) is 91.3 Å². The third-order valence-corrected chi connectivity index (χ3v) is 7.12. The largest absolute Gasteiger partial charge is 0.354 e. The minimum atomic E-state index is -3.58. The summed E-state index contributed by atoms with van der Waals surface area (Å²) in [5.74, 6) is 2.74. The van der Waals surface area contributed by atoms with Crippen molar-refractivity contribution < 1.29 is 8.42 Å². The maximum atomic E-state index is 12.9. The van der Waals surface area contributed by atoms with Crippen LogP contribution in [0.25, 0.3) is 0 Å². The summed E-state index contributed by atoms with van der Waals surface area (Å²) in [6, 6.07) is 12.1. The highest BCUT2D eigenvalue weighted by Gasteiger charge is 2.29. The van der Waals surface area contributed by atoms with Gasteiger partial charge in [0.05, 0.1) is 4.90 Å². The Bertz CT molecular complexity index is 1200. The van der Waals surface area contributed by atoms with E-state index in [1.807, 2.05) is 32.0 Å². The van der Waals surface area contributed by atoms with Crippen LogP contribution in [0.3, 0.4) is 0 Å². The van der Waals surface area contributed by atoms with Gasteiger partial charge in [0, 0.05) is 43.5 Å². The highest BCUT2D eigenvalue weighted by molar-refractivity contribution is 7.89. The lowest BCUT2D eigenvalue weighted by molar-refractivity contribution is 0.383. The molecule has 31 heavy (non-hydrogen) atoms. The van der Waals surface area contributed by atoms with Crippen LogP contribution in [0.5, 0.6) is 0 Å². The van der Waals surface area contributed by atoms with Gasteiger partial charge < -0.3 is 10.2 Å². The highest BCUT2D eigenvalue weighted by atomic mass is 35.5. The molecule has 4 rings (SSSR count). The summed E-state index contributed by atoms with van der Waals surface area (Å²) in [5.41, 5.74) is 1.10. The number of hydrogen-bond acceptors (Lipinski definition) is 7. The Labute approximate surface area is 187 Å². The van der Waals surface area contributed by atoms with Crippen LogP contribution in [-0.4, -0.2) is 53.9 Å². The van der Waals surface area contributed by atoms with Crippen molar-refractivity contribution in [1.29, 1.82) is 0 Å². The molecule has 0 spiro atoms. The van der Waals surface area contributed by atoms with Gasteiger partial charge in [0.15, 0.2) is 0 Å². The first-order valence-corrected chi connectivity index (χ1v) is 11.7. The van der Waals surface area contributed by atoms with Gasteiger partial charge in [-0.25, -0.2) is 23.4 Å². The molecule has 1 aliphatic heterocycles. The van der Waals surface area contributed by atoms with Crippen LogP contribution in [0, 0.1) is 13.8 Å². The molecule has 1 fully saturated rings. The van der Waals surface area contributed by atoms with E-state index in [-0.39, 0.29) is 4.90 Å². The van der Waals surface area contributed by atoms with E-state index in [4.69, 9.17) is 11.6 Å². The Kier molecular flexibility index (Phi) is 6.08. The number of piperazine rings is 1. The maximum Gasteiger partial charge on any atom is 0.243 e. The molecule has 2 aromatic heterocycles. The SMILES string of the molecule is Cc1ccnc(Nc2cc(N3CCN(S(=O)(=O)c4cccc(Cl)c4)CC3)nc(C)n2)c1. The second-order valence-electron chi connectivity index (χ2n) is 7.35. The maximum absolute atomic E-state index is 12.9. The molecule has 0 aliphatic carbocycles. The molecule has 1 saturated heterocycles. The smallest absolute Gasteiger partial charge is 0.243 e. The van der Waals surface area contributed by atoms with Gasteiger partial charge in [0.2, 0.25) is 10.0 Å². The Balaban J connectivity index is 1.48. The van der Waals surface area contributed by atoms with Crippen molar-refractivity contribution in [3.8, 4) is 0 Å². The lowest BCUT2D eigenvalue weighted by Gasteiger charge is -2.34. The molecule has 1 aliphatic rings. The Morgan fingerprint density at radius 2 is 1.74 bits per heavy atom. The first-order valence-electron chi connectivity index (χ1n) is 9.87. The first kappa shape index (κ1) is 21.5. The van der Waals surface area contributed by atoms with Crippen LogP contribution in [0.2, 0.25) is 5.02 Å². The normalized spacial score (nSPS) is 15.1. The zero-order chi connectivity index (χ0) is 22.0. The molecule has 1 aromatic carbocycles. The summed E-state index contributed by atoms with van der Waals surface area (Å²) in [4.78, 5) is 15.6. The number of aromatic nitrogens is 3. The molecule has 0 bridgehead atoms. The summed E-state index contributed by atoms with van der Waals surface area (Å²) in [6.07, 6.45) is 1.74. The van der Waals surface area contributed by atoms with Crippen molar-refractivity contribution in [2.24, 2.45) is 0 Å². The lowest BCUT2D eigenvalue weighted by atomic mass is 10.3. The molecule has 1 N–H and O–H groups in total. The Hall–Kier alpha value is -2.75. The molecule has 0 saturated carbocycles. The van der Waals surface area contributed by atoms with E-state index in [9.17, 15) is 8.42 Å². The summed E-state index contributed by atoms with van der Waals surface area (Å²) in [7, 11) is -3.58. The molecule has 162 valence electrons. The van der Waals surface area contributed by atoms with Crippen LogP contribution in [-0.2, 0) is 10.0 Å². The quantitative estimate of drug-likeness (QED) is 0.626. The molecule has 8 nitrogen and oxygen atoms in total. The first-order chi connectivity index (χ1) is 14.8. The summed E-state index contributed by atoms with van der Waals surface area (Å²) >= 11 is 5.97. The zero-order valence-electron chi connectivity index (χ0n) is 17.3. The van der Waals surface area contributed by atoms with Crippen molar-refractivity contribution in [1.82, 2.24) is 19.3 Å². The van der Waals surface area contributed by atoms with E-state index < -0.39 is 10.0 Å². The van der Waals surface area contributed by atoms with E-state index in [0.717, 1.165) is 11.4 Å². The average molecular weight is 459 g/mol. The Morgan fingerprint density at radius 1 is 0.968 bits per heavy atom. The molecular formula is C21H23ClN6O2S. The molecule has 3 aromatic rings. The molecule has 10 heteroatoms. The van der Waals surface area contributed by atoms with Gasteiger partial charge in [-0.1, -0.05) is 17.7 Å². The van der Waals surface area contributed by atoms with Crippen LogP contribution >= 0.6 is 11.6 Å². The van der Waals surface area contributed by atoms with E-state index in [1.54, 1.807) is 24.4 Å². The highest BCUT2D eigenvalue weighted by Crippen LogP contribution is 2.24. The van der Waals surface area contributed by atoms with E-state index >= 15 is 0 Å². The molecule has 0 amide bonds. The lowest BCUT2D eigenvalue weighted by Crippen LogP contribution is -2.49. The summed E-state index contributed by atoms with van der Waals surface area (Å²) < 4.78 is 27.3. The van der Waals surface area contributed by atoms with Crippen molar-refractivity contribution in [2.45, 2.75) is 18.7 Å². The van der Waals surface area contributed by atoms with Crippen molar-refractivity contribution >= 4 is 39.1 Å². The number of sulfonamides is 1. The number of nitrogens with zero attached hydrogens (tertiary/aromatic N) is 5. The van der Waals surface area contributed by atoms with Crippen molar-refractivity contribution in [3.05, 3.63) is 65.1 Å². The zero-order valence-corrected chi connectivity index (χ0v) is 18.9. The number of rotatable bonds is 5. The van der Waals surface area contributed by atoms with Gasteiger partial charge in [-0.2, -0.15) is 4.31 Å². The fourth-order valence-electron chi connectivity index (χ4n) is 3.45. The fraction of sp³-hybridized carbons (Fsp3) is 0.286. The number of halogens is 1. The van der Waals surface area contributed by atoms with Crippen LogP contribution < -0.4 is 10.2 Å². The minimum absolute atomic E-state index is 0.212. The molecule has 0 radical (unpaired) electrons. The number of anilines is 3. The van der Waals surface area contributed by atoms with E-state index in [1.165, 1.54) is 10.4 Å².